The first-order valence-electron chi connectivity index (χ1n) is 6.66. The van der Waals surface area contributed by atoms with E-state index in [4.69, 9.17) is 4.18 Å². The SMILES string of the molecule is Cc1ccc(S(=O)(=O)OC[C@@H]2C[C@H]2C(C)(C)C)cc1. The molecule has 4 heteroatoms. The molecule has 1 aliphatic rings. The van der Waals surface area contributed by atoms with Gasteiger partial charge < -0.3 is 0 Å². The Morgan fingerprint density at radius 3 is 2.26 bits per heavy atom. The van der Waals surface area contributed by atoms with Crippen LogP contribution in [-0.2, 0) is 14.3 Å². The highest BCUT2D eigenvalue weighted by atomic mass is 32.2. The van der Waals surface area contributed by atoms with Crippen molar-refractivity contribution in [3.05, 3.63) is 29.8 Å². The molecule has 0 unspecified atom stereocenters. The fourth-order valence-corrected chi connectivity index (χ4v) is 3.40. The van der Waals surface area contributed by atoms with E-state index in [1.165, 1.54) is 0 Å². The van der Waals surface area contributed by atoms with E-state index in [0.29, 0.717) is 18.4 Å². The largest absolute Gasteiger partial charge is 0.296 e. The number of hydrogen-bond donors (Lipinski definition) is 0. The topological polar surface area (TPSA) is 43.4 Å². The molecular weight excluding hydrogens is 260 g/mol. The zero-order chi connectivity index (χ0) is 14.3. The van der Waals surface area contributed by atoms with Crippen LogP contribution in [0.25, 0.3) is 0 Å². The van der Waals surface area contributed by atoms with Gasteiger partial charge in [0.25, 0.3) is 10.1 Å². The fraction of sp³-hybridized carbons (Fsp3) is 0.600. The molecule has 0 saturated heterocycles. The Balaban J connectivity index is 1.95. The Labute approximate surface area is 116 Å². The Bertz CT molecular complexity index is 538. The molecule has 0 N–H and O–H groups in total. The molecule has 1 saturated carbocycles. The average molecular weight is 282 g/mol. The van der Waals surface area contributed by atoms with Gasteiger partial charge in [0, 0.05) is 0 Å². The van der Waals surface area contributed by atoms with Crippen molar-refractivity contribution in [2.45, 2.75) is 39.0 Å². The summed E-state index contributed by atoms with van der Waals surface area (Å²) in [4.78, 5) is 0.242. The molecule has 0 amide bonds. The zero-order valence-corrected chi connectivity index (χ0v) is 12.8. The molecule has 2 atom stereocenters. The predicted molar refractivity (Wildman–Crippen MR) is 75.4 cm³/mol. The Morgan fingerprint density at radius 1 is 1.21 bits per heavy atom. The van der Waals surface area contributed by atoms with Crippen LogP contribution in [0, 0.1) is 24.2 Å². The van der Waals surface area contributed by atoms with E-state index in [1.54, 1.807) is 24.3 Å². The van der Waals surface area contributed by atoms with Crippen LogP contribution in [0.3, 0.4) is 0 Å². The third-order valence-corrected chi connectivity index (χ3v) is 5.08. The van der Waals surface area contributed by atoms with E-state index in [2.05, 4.69) is 20.8 Å². The maximum Gasteiger partial charge on any atom is 0.296 e. The van der Waals surface area contributed by atoms with Crippen molar-refractivity contribution < 1.29 is 12.6 Å². The van der Waals surface area contributed by atoms with Crippen LogP contribution >= 0.6 is 0 Å². The summed E-state index contributed by atoms with van der Waals surface area (Å²) in [6.45, 7) is 8.79. The number of benzene rings is 1. The molecule has 19 heavy (non-hydrogen) atoms. The average Bonchev–Trinajstić information content (AvgIpc) is 3.06. The number of hydrogen-bond acceptors (Lipinski definition) is 3. The van der Waals surface area contributed by atoms with Gasteiger partial charge in [0.15, 0.2) is 0 Å². The van der Waals surface area contributed by atoms with Crippen molar-refractivity contribution >= 4 is 10.1 Å². The van der Waals surface area contributed by atoms with Crippen molar-refractivity contribution in [2.75, 3.05) is 6.61 Å². The van der Waals surface area contributed by atoms with Gasteiger partial charge in [0.1, 0.15) is 0 Å². The molecule has 1 aromatic rings. The van der Waals surface area contributed by atoms with Gasteiger partial charge in [0.2, 0.25) is 0 Å². The maximum absolute atomic E-state index is 12.0. The van der Waals surface area contributed by atoms with Gasteiger partial charge in [-0.05, 0) is 42.7 Å². The highest BCUT2D eigenvalue weighted by molar-refractivity contribution is 7.86. The van der Waals surface area contributed by atoms with E-state index in [9.17, 15) is 8.42 Å². The smallest absolute Gasteiger partial charge is 0.266 e. The van der Waals surface area contributed by atoms with Gasteiger partial charge in [-0.2, -0.15) is 8.42 Å². The zero-order valence-electron chi connectivity index (χ0n) is 12.0. The van der Waals surface area contributed by atoms with Gasteiger partial charge in [0.05, 0.1) is 11.5 Å². The third-order valence-electron chi connectivity index (χ3n) is 3.78. The number of aryl methyl sites for hydroxylation is 1. The van der Waals surface area contributed by atoms with E-state index in [-0.39, 0.29) is 10.3 Å². The summed E-state index contributed by atoms with van der Waals surface area (Å²) in [5, 5.41) is 0. The predicted octanol–water partition coefficient (Wildman–Crippen LogP) is 3.38. The molecule has 0 bridgehead atoms. The second-order valence-electron chi connectivity index (χ2n) is 6.52. The van der Waals surface area contributed by atoms with E-state index < -0.39 is 10.1 Å². The van der Waals surface area contributed by atoms with Crippen molar-refractivity contribution in [3.63, 3.8) is 0 Å². The van der Waals surface area contributed by atoms with Gasteiger partial charge in [-0.15, -0.1) is 0 Å². The highest BCUT2D eigenvalue weighted by Crippen LogP contribution is 2.50. The molecule has 0 heterocycles. The number of rotatable bonds is 4. The van der Waals surface area contributed by atoms with Crippen LogP contribution in [0.4, 0.5) is 0 Å². The van der Waals surface area contributed by atoms with Crippen LogP contribution in [0.1, 0.15) is 32.8 Å². The second kappa shape index (κ2) is 4.91. The van der Waals surface area contributed by atoms with E-state index in [0.717, 1.165) is 12.0 Å². The molecular formula is C15H22O3S. The van der Waals surface area contributed by atoms with Crippen molar-refractivity contribution in [2.24, 2.45) is 17.3 Å². The monoisotopic (exact) mass is 282 g/mol. The first-order valence-corrected chi connectivity index (χ1v) is 8.07. The molecule has 0 aromatic heterocycles. The van der Waals surface area contributed by atoms with Crippen LogP contribution in [0.2, 0.25) is 0 Å². The molecule has 0 spiro atoms. The second-order valence-corrected chi connectivity index (χ2v) is 8.14. The standard InChI is InChI=1S/C15H22O3S/c1-11-5-7-13(8-6-11)19(16,17)18-10-12-9-14(12)15(2,3)4/h5-8,12,14H,9-10H2,1-4H3/t12-,14+/m0/s1. The summed E-state index contributed by atoms with van der Waals surface area (Å²) in [7, 11) is -3.60. The van der Waals surface area contributed by atoms with Gasteiger partial charge in [-0.3, -0.25) is 4.18 Å². The minimum absolute atomic E-state index is 0.238. The summed E-state index contributed by atoms with van der Waals surface area (Å²) in [5.74, 6) is 0.945. The molecule has 2 rings (SSSR count). The normalized spacial score (nSPS) is 23.4. The first kappa shape index (κ1) is 14.5. The maximum atomic E-state index is 12.0. The minimum atomic E-state index is -3.60. The third kappa shape index (κ3) is 3.57. The van der Waals surface area contributed by atoms with Gasteiger partial charge >= 0.3 is 0 Å². The van der Waals surface area contributed by atoms with Crippen LogP contribution < -0.4 is 0 Å². The molecule has 0 aliphatic heterocycles. The van der Waals surface area contributed by atoms with Crippen LogP contribution in [-0.4, -0.2) is 15.0 Å². The van der Waals surface area contributed by atoms with Crippen LogP contribution in [0.5, 0.6) is 0 Å². The lowest BCUT2D eigenvalue weighted by molar-refractivity contribution is 0.259. The molecule has 1 aliphatic carbocycles. The molecule has 3 nitrogen and oxygen atoms in total. The summed E-state index contributed by atoms with van der Waals surface area (Å²) < 4.78 is 29.2. The summed E-state index contributed by atoms with van der Waals surface area (Å²) >= 11 is 0. The molecule has 1 aromatic carbocycles. The van der Waals surface area contributed by atoms with Crippen LogP contribution in [0.15, 0.2) is 29.2 Å². The van der Waals surface area contributed by atoms with Crippen molar-refractivity contribution in [1.82, 2.24) is 0 Å². The Morgan fingerprint density at radius 2 is 1.79 bits per heavy atom. The van der Waals surface area contributed by atoms with Gasteiger partial charge in [-0.1, -0.05) is 38.5 Å². The summed E-state index contributed by atoms with van der Waals surface area (Å²) in [5.41, 5.74) is 1.27. The van der Waals surface area contributed by atoms with E-state index >= 15 is 0 Å². The summed E-state index contributed by atoms with van der Waals surface area (Å²) in [6, 6.07) is 6.76. The quantitative estimate of drug-likeness (QED) is 0.795. The molecule has 0 radical (unpaired) electrons. The highest BCUT2D eigenvalue weighted by Gasteiger charge is 2.45. The summed E-state index contributed by atoms with van der Waals surface area (Å²) in [6.07, 6.45) is 1.06. The Hall–Kier alpha value is -0.870. The van der Waals surface area contributed by atoms with Crippen molar-refractivity contribution in [3.8, 4) is 0 Å². The lowest BCUT2D eigenvalue weighted by atomic mass is 9.89. The lowest BCUT2D eigenvalue weighted by Gasteiger charge is -2.17. The first-order chi connectivity index (χ1) is 8.70. The van der Waals surface area contributed by atoms with E-state index in [1.807, 2.05) is 6.92 Å². The van der Waals surface area contributed by atoms with Gasteiger partial charge in [-0.25, -0.2) is 0 Å². The minimum Gasteiger partial charge on any atom is -0.266 e. The lowest BCUT2D eigenvalue weighted by Crippen LogP contribution is -2.14. The molecule has 1 fully saturated rings. The fourth-order valence-electron chi connectivity index (χ4n) is 2.44. The Kier molecular flexibility index (Phi) is 3.76. The molecule has 106 valence electrons. The van der Waals surface area contributed by atoms with Crippen molar-refractivity contribution in [1.29, 1.82) is 0 Å².